The van der Waals surface area contributed by atoms with Crippen LogP contribution >= 0.6 is 0 Å². The number of hydrogen-bond acceptors (Lipinski definition) is 3. The maximum atomic E-state index is 11.7. The van der Waals surface area contributed by atoms with Gasteiger partial charge in [0.15, 0.2) is 0 Å². The van der Waals surface area contributed by atoms with Crippen LogP contribution < -0.4 is 0 Å². The Morgan fingerprint density at radius 3 is 2.69 bits per heavy atom. The Hall–Kier alpha value is -1.03. The summed E-state index contributed by atoms with van der Waals surface area (Å²) in [5.41, 5.74) is -0.488. The van der Waals surface area contributed by atoms with Crippen LogP contribution in [-0.2, 0) is 4.74 Å². The van der Waals surface area contributed by atoms with Gasteiger partial charge in [0, 0.05) is 12.5 Å². The Balaban J connectivity index is 2.51. The lowest BCUT2D eigenvalue weighted by molar-refractivity contribution is 0.0270. The average Bonchev–Trinajstić information content (AvgIpc) is 2.46. The molecule has 1 saturated heterocycles. The van der Waals surface area contributed by atoms with Crippen molar-refractivity contribution in [1.29, 1.82) is 0 Å². The maximum absolute atomic E-state index is 11.7. The second-order valence-corrected chi connectivity index (χ2v) is 5.24. The van der Waals surface area contributed by atoms with Crippen LogP contribution in [0.3, 0.4) is 0 Å². The van der Waals surface area contributed by atoms with Crippen molar-refractivity contribution in [3.63, 3.8) is 0 Å². The van der Waals surface area contributed by atoms with Crippen molar-refractivity contribution in [1.82, 2.24) is 4.90 Å². The van der Waals surface area contributed by atoms with Crippen molar-refractivity contribution >= 4 is 6.09 Å². The lowest BCUT2D eigenvalue weighted by Crippen LogP contribution is -2.35. The molecule has 0 radical (unpaired) electrons. The highest BCUT2D eigenvalue weighted by Gasteiger charge is 2.35. The zero-order valence-electron chi connectivity index (χ0n) is 10.3. The molecule has 0 aromatic rings. The van der Waals surface area contributed by atoms with E-state index in [0.29, 0.717) is 13.1 Å². The van der Waals surface area contributed by atoms with Crippen LogP contribution in [0.25, 0.3) is 0 Å². The minimum Gasteiger partial charge on any atom is -0.444 e. The zero-order chi connectivity index (χ0) is 12.3. The van der Waals surface area contributed by atoms with E-state index in [2.05, 4.69) is 6.58 Å². The molecule has 1 fully saturated rings. The number of hydrogen-bond donors (Lipinski definition) is 1. The lowest BCUT2D eigenvalue weighted by Gasteiger charge is -2.24. The number of likely N-dealkylation sites (tertiary alicyclic amines) is 1. The summed E-state index contributed by atoms with van der Waals surface area (Å²) in [6.45, 7) is 10.0. The smallest absolute Gasteiger partial charge is 0.410 e. The number of allylic oxidation sites excluding steroid dienone is 1. The number of ether oxygens (including phenoxy) is 1. The van der Waals surface area contributed by atoms with Gasteiger partial charge in [-0.1, -0.05) is 6.08 Å². The molecular formula is C12H21NO3. The molecule has 1 N–H and O–H groups in total. The number of carbonyl (C=O) groups excluding carboxylic acids is 1. The van der Waals surface area contributed by atoms with Gasteiger partial charge in [0.1, 0.15) is 5.60 Å². The van der Waals surface area contributed by atoms with Gasteiger partial charge in [-0.3, -0.25) is 0 Å². The van der Waals surface area contributed by atoms with Crippen molar-refractivity contribution < 1.29 is 14.6 Å². The van der Waals surface area contributed by atoms with E-state index in [4.69, 9.17) is 4.74 Å². The van der Waals surface area contributed by atoms with Crippen molar-refractivity contribution in [3.8, 4) is 0 Å². The topological polar surface area (TPSA) is 49.8 Å². The maximum Gasteiger partial charge on any atom is 0.410 e. The van der Waals surface area contributed by atoms with Gasteiger partial charge in [-0.2, -0.15) is 0 Å². The third-order valence-corrected chi connectivity index (χ3v) is 2.53. The molecule has 4 nitrogen and oxygen atoms in total. The first-order chi connectivity index (χ1) is 7.33. The number of aliphatic hydroxyl groups excluding tert-OH is 1. The van der Waals surface area contributed by atoms with E-state index in [1.54, 1.807) is 11.0 Å². The van der Waals surface area contributed by atoms with Gasteiger partial charge in [-0.15, -0.1) is 6.58 Å². The van der Waals surface area contributed by atoms with E-state index in [0.717, 1.165) is 6.42 Å². The van der Waals surface area contributed by atoms with Gasteiger partial charge >= 0.3 is 6.09 Å². The Morgan fingerprint density at radius 2 is 2.19 bits per heavy atom. The summed E-state index contributed by atoms with van der Waals surface area (Å²) in [4.78, 5) is 13.3. The average molecular weight is 227 g/mol. The number of rotatable bonds is 2. The van der Waals surface area contributed by atoms with Crippen LogP contribution in [0.4, 0.5) is 4.79 Å². The van der Waals surface area contributed by atoms with Crippen LogP contribution in [0.2, 0.25) is 0 Å². The summed E-state index contributed by atoms with van der Waals surface area (Å²) in [5, 5.41) is 9.74. The second kappa shape index (κ2) is 4.87. The zero-order valence-corrected chi connectivity index (χ0v) is 10.3. The molecule has 0 aliphatic carbocycles. The van der Waals surface area contributed by atoms with Crippen molar-refractivity contribution in [2.75, 3.05) is 13.1 Å². The summed E-state index contributed by atoms with van der Waals surface area (Å²) >= 11 is 0. The quantitative estimate of drug-likeness (QED) is 0.732. The van der Waals surface area contributed by atoms with Crippen molar-refractivity contribution in [2.45, 2.75) is 38.9 Å². The Kier molecular flexibility index (Phi) is 3.97. The summed E-state index contributed by atoms with van der Waals surface area (Å²) in [6.07, 6.45) is 1.68. The molecular weight excluding hydrogens is 206 g/mol. The molecule has 1 amide bonds. The summed E-state index contributed by atoms with van der Waals surface area (Å²) in [5.74, 6) is 0.0880. The molecule has 1 aliphatic rings. The number of β-amino-alcohol motifs (C(OH)–C–C–N with tert-alkyl or cyclic N) is 1. The van der Waals surface area contributed by atoms with E-state index in [1.807, 2.05) is 20.8 Å². The minimum atomic E-state index is -0.488. The number of carbonyl (C=O) groups is 1. The van der Waals surface area contributed by atoms with Crippen molar-refractivity contribution in [2.24, 2.45) is 5.92 Å². The Morgan fingerprint density at radius 1 is 1.56 bits per heavy atom. The van der Waals surface area contributed by atoms with Gasteiger partial charge in [0.05, 0.1) is 12.6 Å². The molecule has 2 unspecified atom stereocenters. The third kappa shape index (κ3) is 3.52. The third-order valence-electron chi connectivity index (χ3n) is 2.53. The van der Waals surface area contributed by atoms with E-state index in [-0.39, 0.29) is 12.0 Å². The number of amides is 1. The molecule has 0 saturated carbocycles. The lowest BCUT2D eigenvalue weighted by atomic mass is 10.0. The standard InChI is InChI=1S/C12H21NO3/c1-5-6-9-7-13(8-10(9)14)11(15)16-12(2,3)4/h5,9-10,14H,1,6-8H2,2-4H3. The molecule has 16 heavy (non-hydrogen) atoms. The minimum absolute atomic E-state index is 0.0880. The molecule has 0 aromatic heterocycles. The summed E-state index contributed by atoms with van der Waals surface area (Å²) in [7, 11) is 0. The van der Waals surface area contributed by atoms with Crippen LogP contribution in [0.15, 0.2) is 12.7 Å². The first-order valence-corrected chi connectivity index (χ1v) is 5.60. The van der Waals surface area contributed by atoms with Gasteiger partial charge in [-0.05, 0) is 27.2 Å². The normalized spacial score (nSPS) is 25.6. The summed E-state index contributed by atoms with van der Waals surface area (Å²) in [6, 6.07) is 0. The summed E-state index contributed by atoms with van der Waals surface area (Å²) < 4.78 is 5.25. The molecule has 1 heterocycles. The Labute approximate surface area is 96.9 Å². The fourth-order valence-corrected chi connectivity index (χ4v) is 1.78. The van der Waals surface area contributed by atoms with Crippen LogP contribution in [0, 0.1) is 5.92 Å². The van der Waals surface area contributed by atoms with Crippen molar-refractivity contribution in [3.05, 3.63) is 12.7 Å². The van der Waals surface area contributed by atoms with Gasteiger partial charge < -0.3 is 14.7 Å². The molecule has 2 atom stereocenters. The number of aliphatic hydroxyl groups is 1. The molecule has 92 valence electrons. The monoisotopic (exact) mass is 227 g/mol. The van der Waals surface area contributed by atoms with Gasteiger partial charge in [-0.25, -0.2) is 4.79 Å². The highest BCUT2D eigenvalue weighted by Crippen LogP contribution is 2.22. The predicted molar refractivity (Wildman–Crippen MR) is 62.1 cm³/mol. The van der Waals surface area contributed by atoms with E-state index < -0.39 is 11.7 Å². The Bertz CT molecular complexity index is 270. The van der Waals surface area contributed by atoms with E-state index in [9.17, 15) is 9.90 Å². The van der Waals surface area contributed by atoms with Gasteiger partial charge in [0.2, 0.25) is 0 Å². The predicted octanol–water partition coefficient (Wildman–Crippen LogP) is 1.79. The number of nitrogens with zero attached hydrogens (tertiary/aromatic N) is 1. The fraction of sp³-hybridized carbons (Fsp3) is 0.750. The van der Waals surface area contributed by atoms with Crippen LogP contribution in [0.1, 0.15) is 27.2 Å². The second-order valence-electron chi connectivity index (χ2n) is 5.24. The van der Waals surface area contributed by atoms with Gasteiger partial charge in [0.25, 0.3) is 0 Å². The molecule has 0 spiro atoms. The molecule has 1 aliphatic heterocycles. The van der Waals surface area contributed by atoms with E-state index in [1.165, 1.54) is 0 Å². The first kappa shape index (κ1) is 13.0. The first-order valence-electron chi connectivity index (χ1n) is 5.60. The van der Waals surface area contributed by atoms with Crippen LogP contribution in [0.5, 0.6) is 0 Å². The van der Waals surface area contributed by atoms with E-state index >= 15 is 0 Å². The molecule has 0 bridgehead atoms. The van der Waals surface area contributed by atoms with Crippen LogP contribution in [-0.4, -0.2) is 40.9 Å². The molecule has 4 heteroatoms. The SMILES string of the molecule is C=CCC1CN(C(=O)OC(C)(C)C)CC1O. The highest BCUT2D eigenvalue weighted by atomic mass is 16.6. The fourth-order valence-electron chi connectivity index (χ4n) is 1.78. The molecule has 0 aromatic carbocycles. The largest absolute Gasteiger partial charge is 0.444 e. The highest BCUT2D eigenvalue weighted by molar-refractivity contribution is 5.68. The molecule has 1 rings (SSSR count).